The highest BCUT2D eigenvalue weighted by atomic mass is 79.9. The Labute approximate surface area is 152 Å². The number of halogens is 1. The molecule has 0 atom stereocenters. The van der Waals surface area contributed by atoms with Crippen LogP contribution in [-0.2, 0) is 6.54 Å². The normalized spacial score (nSPS) is 11.2. The number of hydrogen-bond acceptors (Lipinski definition) is 4. The van der Waals surface area contributed by atoms with Crippen molar-refractivity contribution in [2.24, 2.45) is 0 Å². The molecule has 0 saturated carbocycles. The molecule has 130 valence electrons. The molecule has 24 heavy (non-hydrogen) atoms. The molecule has 2 aromatic carbocycles. The molecule has 0 aliphatic carbocycles. The monoisotopic (exact) mass is 392 g/mol. The largest absolute Gasteiger partial charge is 0.497 e. The van der Waals surface area contributed by atoms with E-state index < -0.39 is 0 Å². The van der Waals surface area contributed by atoms with Crippen molar-refractivity contribution in [3.05, 3.63) is 52.5 Å². The summed E-state index contributed by atoms with van der Waals surface area (Å²) in [4.78, 5) is 0. The summed E-state index contributed by atoms with van der Waals surface area (Å²) < 4.78 is 11.7. The Morgan fingerprint density at radius 2 is 1.83 bits per heavy atom. The second-order valence-electron chi connectivity index (χ2n) is 6.30. The Morgan fingerprint density at radius 1 is 1.04 bits per heavy atom. The van der Waals surface area contributed by atoms with Crippen LogP contribution in [0.25, 0.3) is 0 Å². The molecular formula is C19H25BrN2O2. The highest BCUT2D eigenvalue weighted by Crippen LogP contribution is 2.24. The lowest BCUT2D eigenvalue weighted by molar-refractivity contribution is 0.388. The predicted octanol–water partition coefficient (Wildman–Crippen LogP) is 4.45. The Morgan fingerprint density at radius 3 is 2.50 bits per heavy atom. The summed E-state index contributed by atoms with van der Waals surface area (Å²) in [6.45, 7) is 5.89. The number of rotatable bonds is 8. The smallest absolute Gasteiger partial charge is 0.127 e. The Balaban J connectivity index is 1.93. The summed E-state index contributed by atoms with van der Waals surface area (Å²) in [5, 5.41) is 7.04. The Hall–Kier alpha value is -1.72. The van der Waals surface area contributed by atoms with E-state index >= 15 is 0 Å². The highest BCUT2D eigenvalue weighted by molar-refractivity contribution is 9.10. The molecule has 0 aliphatic rings. The average molecular weight is 393 g/mol. The zero-order valence-electron chi connectivity index (χ0n) is 14.7. The van der Waals surface area contributed by atoms with Crippen molar-refractivity contribution in [1.82, 2.24) is 5.32 Å². The first kappa shape index (κ1) is 18.6. The van der Waals surface area contributed by atoms with Gasteiger partial charge < -0.3 is 20.1 Å². The van der Waals surface area contributed by atoms with Crippen molar-refractivity contribution in [2.75, 3.05) is 26.1 Å². The number of methoxy groups -OCH3 is 2. The minimum absolute atomic E-state index is 0.0828. The summed E-state index contributed by atoms with van der Waals surface area (Å²) in [5.41, 5.74) is 2.12. The fourth-order valence-electron chi connectivity index (χ4n) is 2.51. The molecule has 0 amide bonds. The average Bonchev–Trinajstić information content (AvgIpc) is 2.54. The Kier molecular flexibility index (Phi) is 6.52. The van der Waals surface area contributed by atoms with Crippen molar-refractivity contribution in [3.8, 4) is 11.5 Å². The van der Waals surface area contributed by atoms with Gasteiger partial charge in [0.05, 0.1) is 14.2 Å². The molecule has 0 bridgehead atoms. The van der Waals surface area contributed by atoms with E-state index in [1.807, 2.05) is 30.3 Å². The quantitative estimate of drug-likeness (QED) is 0.696. The molecule has 0 heterocycles. The van der Waals surface area contributed by atoms with Gasteiger partial charge in [-0.1, -0.05) is 28.1 Å². The van der Waals surface area contributed by atoms with Gasteiger partial charge in [0.2, 0.25) is 0 Å². The molecule has 0 unspecified atom stereocenters. The van der Waals surface area contributed by atoms with Gasteiger partial charge in [0.25, 0.3) is 0 Å². The first-order valence-electron chi connectivity index (χ1n) is 7.89. The standard InChI is InChI=1S/C19H25BrN2O2/c1-19(2,22-16-7-5-6-15(20)10-16)13-21-12-14-8-9-17(23-3)11-18(14)24-4/h5-11,21-22H,12-13H2,1-4H3. The van der Waals surface area contributed by atoms with E-state index in [-0.39, 0.29) is 5.54 Å². The van der Waals surface area contributed by atoms with Crippen LogP contribution in [0.5, 0.6) is 11.5 Å². The predicted molar refractivity (Wildman–Crippen MR) is 103 cm³/mol. The lowest BCUT2D eigenvalue weighted by atomic mass is 10.0. The van der Waals surface area contributed by atoms with Gasteiger partial charge in [0.15, 0.2) is 0 Å². The summed E-state index contributed by atoms with van der Waals surface area (Å²) in [6.07, 6.45) is 0. The van der Waals surface area contributed by atoms with Crippen LogP contribution in [0.4, 0.5) is 5.69 Å². The summed E-state index contributed by atoms with van der Waals surface area (Å²) >= 11 is 3.50. The SMILES string of the molecule is COc1ccc(CNCC(C)(C)Nc2cccc(Br)c2)c(OC)c1. The number of benzene rings is 2. The number of hydrogen-bond donors (Lipinski definition) is 2. The van der Waals surface area contributed by atoms with Crippen molar-refractivity contribution in [3.63, 3.8) is 0 Å². The zero-order valence-corrected chi connectivity index (χ0v) is 16.2. The molecule has 0 saturated heterocycles. The first-order valence-corrected chi connectivity index (χ1v) is 8.68. The molecule has 0 spiro atoms. The van der Waals surface area contributed by atoms with E-state index in [9.17, 15) is 0 Å². The van der Waals surface area contributed by atoms with Crippen LogP contribution < -0.4 is 20.1 Å². The van der Waals surface area contributed by atoms with E-state index in [2.05, 4.69) is 52.5 Å². The number of ether oxygens (including phenoxy) is 2. The van der Waals surface area contributed by atoms with Crippen LogP contribution in [0, 0.1) is 0 Å². The molecule has 0 radical (unpaired) electrons. The maximum atomic E-state index is 5.44. The summed E-state index contributed by atoms with van der Waals surface area (Å²) in [5.74, 6) is 1.63. The third-order valence-electron chi connectivity index (χ3n) is 3.68. The topological polar surface area (TPSA) is 42.5 Å². The molecule has 2 N–H and O–H groups in total. The highest BCUT2D eigenvalue weighted by Gasteiger charge is 2.17. The van der Waals surface area contributed by atoms with Gasteiger partial charge in [-0.3, -0.25) is 0 Å². The van der Waals surface area contributed by atoms with Gasteiger partial charge in [-0.25, -0.2) is 0 Å². The minimum Gasteiger partial charge on any atom is -0.497 e. The van der Waals surface area contributed by atoms with Crippen molar-refractivity contribution in [2.45, 2.75) is 25.9 Å². The van der Waals surface area contributed by atoms with Crippen LogP contribution >= 0.6 is 15.9 Å². The molecule has 0 fully saturated rings. The second-order valence-corrected chi connectivity index (χ2v) is 7.22. The van der Waals surface area contributed by atoms with Crippen LogP contribution in [-0.4, -0.2) is 26.3 Å². The lowest BCUT2D eigenvalue weighted by Gasteiger charge is -2.28. The fourth-order valence-corrected chi connectivity index (χ4v) is 2.91. The van der Waals surface area contributed by atoms with Crippen molar-refractivity contribution < 1.29 is 9.47 Å². The van der Waals surface area contributed by atoms with Crippen molar-refractivity contribution >= 4 is 21.6 Å². The summed E-state index contributed by atoms with van der Waals surface area (Å²) in [6, 6.07) is 14.1. The Bertz CT molecular complexity index is 674. The first-order chi connectivity index (χ1) is 11.4. The van der Waals surface area contributed by atoms with E-state index in [1.165, 1.54) is 0 Å². The van der Waals surface area contributed by atoms with Crippen LogP contribution in [0.1, 0.15) is 19.4 Å². The lowest BCUT2D eigenvalue weighted by Crippen LogP contribution is -2.41. The second kappa shape index (κ2) is 8.40. The van der Waals surface area contributed by atoms with Crippen LogP contribution in [0.15, 0.2) is 46.9 Å². The van der Waals surface area contributed by atoms with E-state index in [0.29, 0.717) is 0 Å². The summed E-state index contributed by atoms with van der Waals surface area (Å²) in [7, 11) is 3.33. The van der Waals surface area contributed by atoms with E-state index in [0.717, 1.165) is 40.3 Å². The molecule has 0 aromatic heterocycles. The van der Waals surface area contributed by atoms with Crippen LogP contribution in [0.3, 0.4) is 0 Å². The third-order valence-corrected chi connectivity index (χ3v) is 4.18. The van der Waals surface area contributed by atoms with Gasteiger partial charge in [-0.05, 0) is 38.1 Å². The molecule has 2 aromatic rings. The number of anilines is 1. The maximum Gasteiger partial charge on any atom is 0.127 e. The molecule has 5 heteroatoms. The molecule has 0 aliphatic heterocycles. The molecule has 2 rings (SSSR count). The van der Waals surface area contributed by atoms with E-state index in [4.69, 9.17) is 9.47 Å². The fraction of sp³-hybridized carbons (Fsp3) is 0.368. The molecular weight excluding hydrogens is 368 g/mol. The zero-order chi connectivity index (χ0) is 17.6. The van der Waals surface area contributed by atoms with Crippen LogP contribution in [0.2, 0.25) is 0 Å². The minimum atomic E-state index is -0.0828. The van der Waals surface area contributed by atoms with Gasteiger partial charge in [-0.2, -0.15) is 0 Å². The van der Waals surface area contributed by atoms with Gasteiger partial charge >= 0.3 is 0 Å². The number of nitrogens with one attached hydrogen (secondary N) is 2. The maximum absolute atomic E-state index is 5.44. The van der Waals surface area contributed by atoms with E-state index in [1.54, 1.807) is 14.2 Å². The van der Waals surface area contributed by atoms with Gasteiger partial charge in [0.1, 0.15) is 11.5 Å². The van der Waals surface area contributed by atoms with Gasteiger partial charge in [0, 0.05) is 40.4 Å². The third kappa shape index (κ3) is 5.42. The molecule has 4 nitrogen and oxygen atoms in total. The van der Waals surface area contributed by atoms with Gasteiger partial charge in [-0.15, -0.1) is 0 Å². The van der Waals surface area contributed by atoms with Crippen molar-refractivity contribution in [1.29, 1.82) is 0 Å².